The van der Waals surface area contributed by atoms with E-state index in [0.29, 0.717) is 0 Å². The van der Waals surface area contributed by atoms with E-state index in [0.717, 1.165) is 0 Å². The molecule has 0 amide bonds. The predicted octanol–water partition coefficient (Wildman–Crippen LogP) is 3.07. The first kappa shape index (κ1) is 15.0. The molecule has 0 aliphatic heterocycles. The summed E-state index contributed by atoms with van der Waals surface area (Å²) in [5.74, 6) is -2.52. The van der Waals surface area contributed by atoms with Crippen LogP contribution in [0.25, 0.3) is 0 Å². The third-order valence-corrected chi connectivity index (χ3v) is 1.84. The Labute approximate surface area is 87.6 Å². The largest absolute Gasteiger partial charge is 0.443 e. The molecule has 16 heavy (non-hydrogen) atoms. The number of carbonyl (C=O) groups excluding carboxylic acids is 1. The van der Waals surface area contributed by atoms with Crippen molar-refractivity contribution >= 4 is 5.97 Å². The van der Waals surface area contributed by atoms with Crippen molar-refractivity contribution < 1.29 is 35.9 Å². The van der Waals surface area contributed by atoms with Gasteiger partial charge < -0.3 is 4.74 Å². The van der Waals surface area contributed by atoms with Crippen LogP contribution in [0, 0.1) is 5.92 Å². The molecule has 0 fully saturated rings. The fourth-order valence-corrected chi connectivity index (χ4v) is 0.718. The molecule has 0 bridgehead atoms. The standard InChI is InChI=1S/C8H10F6O2/c1-3-4(2)5(15)16-6(7(9,10)11)8(12,13)14/h4,6H,3H2,1-2H3/t4-/m0/s1. The monoisotopic (exact) mass is 252 g/mol. The topological polar surface area (TPSA) is 26.3 Å². The van der Waals surface area contributed by atoms with Gasteiger partial charge in [0.25, 0.3) is 6.10 Å². The molecule has 0 aliphatic rings. The highest BCUT2D eigenvalue weighted by Gasteiger charge is 2.60. The maximum absolute atomic E-state index is 11.9. The number of carbonyl (C=O) groups is 1. The maximum atomic E-state index is 11.9. The second kappa shape index (κ2) is 4.92. The molecule has 0 saturated carbocycles. The number of alkyl halides is 6. The van der Waals surface area contributed by atoms with Gasteiger partial charge in [0.2, 0.25) is 0 Å². The van der Waals surface area contributed by atoms with Gasteiger partial charge in [-0.05, 0) is 6.42 Å². The zero-order valence-corrected chi connectivity index (χ0v) is 8.45. The van der Waals surface area contributed by atoms with Gasteiger partial charge in [-0.3, -0.25) is 4.79 Å². The van der Waals surface area contributed by atoms with Crippen LogP contribution in [-0.2, 0) is 9.53 Å². The fraction of sp³-hybridized carbons (Fsp3) is 0.875. The Bertz CT molecular complexity index is 230. The summed E-state index contributed by atoms with van der Waals surface area (Å²) in [7, 11) is 0. The minimum absolute atomic E-state index is 0.0985. The zero-order chi connectivity index (χ0) is 13.1. The third kappa shape index (κ3) is 4.28. The number of rotatable bonds is 3. The van der Waals surface area contributed by atoms with Gasteiger partial charge in [-0.25, -0.2) is 0 Å². The molecule has 96 valence electrons. The lowest BCUT2D eigenvalue weighted by Crippen LogP contribution is -2.46. The summed E-state index contributed by atoms with van der Waals surface area (Å²) in [5.41, 5.74) is 0. The van der Waals surface area contributed by atoms with Crippen molar-refractivity contribution in [2.45, 2.75) is 38.7 Å². The summed E-state index contributed by atoms with van der Waals surface area (Å²) in [6.45, 7) is 2.63. The van der Waals surface area contributed by atoms with Gasteiger partial charge >= 0.3 is 18.3 Å². The van der Waals surface area contributed by atoms with E-state index in [1.807, 2.05) is 0 Å². The van der Waals surface area contributed by atoms with Gasteiger partial charge in [-0.15, -0.1) is 0 Å². The highest BCUT2D eigenvalue weighted by atomic mass is 19.4. The molecular weight excluding hydrogens is 242 g/mol. The molecule has 2 nitrogen and oxygen atoms in total. The van der Waals surface area contributed by atoms with E-state index in [1.165, 1.54) is 13.8 Å². The van der Waals surface area contributed by atoms with E-state index in [1.54, 1.807) is 0 Å². The number of ether oxygens (including phenoxy) is 1. The number of halogens is 6. The van der Waals surface area contributed by atoms with Gasteiger partial charge in [0.15, 0.2) is 0 Å². The average Bonchev–Trinajstić information content (AvgIpc) is 2.08. The lowest BCUT2D eigenvalue weighted by Gasteiger charge is -2.23. The smallest absolute Gasteiger partial charge is 0.434 e. The van der Waals surface area contributed by atoms with Crippen molar-refractivity contribution in [3.05, 3.63) is 0 Å². The highest BCUT2D eigenvalue weighted by Crippen LogP contribution is 2.36. The molecule has 0 radical (unpaired) electrons. The summed E-state index contributed by atoms with van der Waals surface area (Å²) in [6, 6.07) is 0. The minimum Gasteiger partial charge on any atom is -0.443 e. The van der Waals surface area contributed by atoms with Crippen molar-refractivity contribution in [3.63, 3.8) is 0 Å². The SMILES string of the molecule is CC[C@H](C)C(=O)OC(C(F)(F)F)C(F)(F)F. The Hall–Kier alpha value is -0.950. The first-order chi connectivity index (χ1) is 7.00. The maximum Gasteiger partial charge on any atom is 0.434 e. The highest BCUT2D eigenvalue weighted by molar-refractivity contribution is 5.72. The summed E-state index contributed by atoms with van der Waals surface area (Å²) in [6.07, 6.45) is -15.3. The van der Waals surface area contributed by atoms with Crippen LogP contribution in [0.3, 0.4) is 0 Å². The van der Waals surface area contributed by atoms with Crippen molar-refractivity contribution in [1.82, 2.24) is 0 Å². The Morgan fingerprint density at radius 1 is 1.12 bits per heavy atom. The van der Waals surface area contributed by atoms with Gasteiger partial charge in [0.05, 0.1) is 5.92 Å². The van der Waals surface area contributed by atoms with Crippen molar-refractivity contribution in [2.75, 3.05) is 0 Å². The number of hydrogen-bond donors (Lipinski definition) is 0. The van der Waals surface area contributed by atoms with Crippen LogP contribution in [0.5, 0.6) is 0 Å². The van der Waals surface area contributed by atoms with E-state index < -0.39 is 30.3 Å². The molecule has 0 aromatic heterocycles. The van der Waals surface area contributed by atoms with Crippen LogP contribution in [-0.4, -0.2) is 24.4 Å². The molecule has 0 aliphatic carbocycles. The molecule has 0 N–H and O–H groups in total. The average molecular weight is 252 g/mol. The van der Waals surface area contributed by atoms with E-state index in [4.69, 9.17) is 0 Å². The van der Waals surface area contributed by atoms with E-state index in [-0.39, 0.29) is 6.42 Å². The molecule has 0 heterocycles. The molecule has 0 unspecified atom stereocenters. The number of hydrogen-bond acceptors (Lipinski definition) is 2. The van der Waals surface area contributed by atoms with Gasteiger partial charge in [0, 0.05) is 0 Å². The third-order valence-electron chi connectivity index (χ3n) is 1.84. The van der Waals surface area contributed by atoms with Crippen molar-refractivity contribution in [2.24, 2.45) is 5.92 Å². The minimum atomic E-state index is -5.65. The second-order valence-corrected chi connectivity index (χ2v) is 3.21. The summed E-state index contributed by atoms with van der Waals surface area (Å²) in [5, 5.41) is 0. The van der Waals surface area contributed by atoms with Crippen molar-refractivity contribution in [1.29, 1.82) is 0 Å². The van der Waals surface area contributed by atoms with E-state index in [9.17, 15) is 31.1 Å². The molecule has 1 atom stereocenters. The molecule has 8 heteroatoms. The van der Waals surface area contributed by atoms with Crippen LogP contribution in [0.1, 0.15) is 20.3 Å². The Kier molecular flexibility index (Phi) is 4.63. The van der Waals surface area contributed by atoms with Crippen LogP contribution in [0.15, 0.2) is 0 Å². The Morgan fingerprint density at radius 2 is 1.50 bits per heavy atom. The summed E-state index contributed by atoms with van der Waals surface area (Å²) < 4.78 is 75.1. The lowest BCUT2D eigenvalue weighted by atomic mass is 10.1. The zero-order valence-electron chi connectivity index (χ0n) is 8.45. The molecule has 0 aromatic rings. The van der Waals surface area contributed by atoms with E-state index >= 15 is 0 Å². The van der Waals surface area contributed by atoms with Crippen molar-refractivity contribution in [3.8, 4) is 0 Å². The molecule has 0 aromatic carbocycles. The predicted molar refractivity (Wildman–Crippen MR) is 41.4 cm³/mol. The lowest BCUT2D eigenvalue weighted by molar-refractivity contribution is -0.314. The van der Waals surface area contributed by atoms with Gasteiger partial charge in [-0.2, -0.15) is 26.3 Å². The molecule has 0 rings (SSSR count). The number of esters is 1. The first-order valence-corrected chi connectivity index (χ1v) is 4.34. The Balaban J connectivity index is 4.78. The van der Waals surface area contributed by atoms with Crippen LogP contribution < -0.4 is 0 Å². The second-order valence-electron chi connectivity index (χ2n) is 3.21. The first-order valence-electron chi connectivity index (χ1n) is 4.34. The Morgan fingerprint density at radius 3 is 1.75 bits per heavy atom. The normalized spacial score (nSPS) is 15.1. The fourth-order valence-electron chi connectivity index (χ4n) is 0.718. The van der Waals surface area contributed by atoms with Crippen LogP contribution >= 0.6 is 0 Å². The molecule has 0 spiro atoms. The van der Waals surface area contributed by atoms with E-state index in [2.05, 4.69) is 4.74 Å². The summed E-state index contributed by atoms with van der Waals surface area (Å²) >= 11 is 0. The summed E-state index contributed by atoms with van der Waals surface area (Å²) in [4.78, 5) is 10.9. The molecular formula is C8H10F6O2. The van der Waals surface area contributed by atoms with Crippen LogP contribution in [0.2, 0.25) is 0 Å². The van der Waals surface area contributed by atoms with Gasteiger partial charge in [0.1, 0.15) is 0 Å². The quantitative estimate of drug-likeness (QED) is 0.570. The van der Waals surface area contributed by atoms with Gasteiger partial charge in [-0.1, -0.05) is 13.8 Å². The van der Waals surface area contributed by atoms with Crippen LogP contribution in [0.4, 0.5) is 26.3 Å². The molecule has 0 saturated heterocycles.